The van der Waals surface area contributed by atoms with Gasteiger partial charge in [-0.3, -0.25) is 10.1 Å². The third kappa shape index (κ3) is 3.75. The first kappa shape index (κ1) is 20.3. The molecule has 4 rings (SSSR count). The molecule has 30 heavy (non-hydrogen) atoms. The number of halogens is 1. The molecule has 0 atom stereocenters. The Morgan fingerprint density at radius 1 is 1.17 bits per heavy atom. The molecule has 5 nitrogen and oxygen atoms in total. The number of aromatic amines is 1. The van der Waals surface area contributed by atoms with Crippen LogP contribution in [0.5, 0.6) is 0 Å². The highest BCUT2D eigenvalue weighted by Crippen LogP contribution is 2.34. The molecule has 1 saturated carbocycles. The van der Waals surface area contributed by atoms with E-state index in [0.717, 1.165) is 54.0 Å². The van der Waals surface area contributed by atoms with Crippen LogP contribution in [0.1, 0.15) is 42.5 Å². The zero-order valence-corrected chi connectivity index (χ0v) is 17.1. The number of amides is 1. The molecule has 1 amide bonds. The number of rotatable bonds is 7. The molecule has 6 heteroatoms. The number of nitrogens with one attached hydrogen (secondary N) is 2. The van der Waals surface area contributed by atoms with Crippen LogP contribution in [0.2, 0.25) is 0 Å². The van der Waals surface area contributed by atoms with Crippen molar-refractivity contribution in [1.29, 1.82) is 0 Å². The summed E-state index contributed by atoms with van der Waals surface area (Å²) in [4.78, 5) is 28.6. The first-order chi connectivity index (χ1) is 14.5. The van der Waals surface area contributed by atoms with Gasteiger partial charge in [-0.2, -0.15) is 0 Å². The van der Waals surface area contributed by atoms with E-state index in [4.69, 9.17) is 0 Å². The lowest BCUT2D eigenvalue weighted by Crippen LogP contribution is -2.58. The summed E-state index contributed by atoms with van der Waals surface area (Å²) in [6.07, 6.45) is 6.70. The van der Waals surface area contributed by atoms with E-state index in [1.807, 2.05) is 30.5 Å². The average molecular weight is 407 g/mol. The number of hydrogen-bond donors (Lipinski definition) is 2. The molecule has 0 radical (unpaired) electrons. The van der Waals surface area contributed by atoms with E-state index < -0.39 is 11.5 Å². The van der Waals surface area contributed by atoms with Gasteiger partial charge in [-0.05, 0) is 72.5 Å². The molecule has 2 N–H and O–H groups in total. The zero-order valence-electron chi connectivity index (χ0n) is 17.1. The second-order valence-electron chi connectivity index (χ2n) is 7.96. The molecule has 1 aliphatic rings. The molecule has 0 aliphatic heterocycles. The van der Waals surface area contributed by atoms with E-state index in [1.54, 1.807) is 24.1 Å². The van der Waals surface area contributed by atoms with Crippen LogP contribution in [-0.4, -0.2) is 41.3 Å². The molecular formula is C24H26FN3O2. The largest absolute Gasteiger partial charge is 0.361 e. The molecule has 156 valence electrons. The predicted octanol–water partition coefficient (Wildman–Crippen LogP) is 4.49. The van der Waals surface area contributed by atoms with Gasteiger partial charge in [0.15, 0.2) is 0 Å². The van der Waals surface area contributed by atoms with Gasteiger partial charge in [0.25, 0.3) is 5.91 Å². The molecule has 0 saturated heterocycles. The molecule has 1 aliphatic carbocycles. The summed E-state index contributed by atoms with van der Waals surface area (Å²) in [5.74, 6) is -0.875. The first-order valence-electron chi connectivity index (χ1n) is 10.4. The SMILES string of the molecule is CN(C(=O)c1ccc(-c2ccc3[nH]ccc3c2)cc1F)C1(NCCC=O)CCCC1. The maximum absolute atomic E-state index is 15.0. The number of H-pyrrole nitrogens is 1. The molecule has 1 aromatic heterocycles. The van der Waals surface area contributed by atoms with Crippen LogP contribution in [0.25, 0.3) is 22.0 Å². The van der Waals surface area contributed by atoms with Crippen LogP contribution in [0, 0.1) is 5.82 Å². The summed E-state index contributed by atoms with van der Waals surface area (Å²) in [6.45, 7) is 0.504. The van der Waals surface area contributed by atoms with Crippen LogP contribution >= 0.6 is 0 Å². The number of carbonyl (C=O) groups is 2. The molecule has 0 bridgehead atoms. The van der Waals surface area contributed by atoms with Gasteiger partial charge in [0.1, 0.15) is 12.1 Å². The highest BCUT2D eigenvalue weighted by molar-refractivity contribution is 5.95. The van der Waals surface area contributed by atoms with Crippen molar-refractivity contribution >= 4 is 23.1 Å². The fourth-order valence-electron chi connectivity index (χ4n) is 4.43. The van der Waals surface area contributed by atoms with Gasteiger partial charge in [0, 0.05) is 31.7 Å². The van der Waals surface area contributed by atoms with E-state index in [1.165, 1.54) is 6.07 Å². The van der Waals surface area contributed by atoms with Gasteiger partial charge in [0.05, 0.1) is 11.2 Å². The highest BCUT2D eigenvalue weighted by atomic mass is 19.1. The number of aldehydes is 1. The lowest BCUT2D eigenvalue weighted by Gasteiger charge is -2.40. The Hall–Kier alpha value is -2.99. The van der Waals surface area contributed by atoms with Crippen molar-refractivity contribution in [2.45, 2.75) is 37.8 Å². The maximum atomic E-state index is 15.0. The minimum absolute atomic E-state index is 0.0624. The quantitative estimate of drug-likeness (QED) is 0.344. The number of hydrogen-bond acceptors (Lipinski definition) is 3. The summed E-state index contributed by atoms with van der Waals surface area (Å²) in [5, 5.41) is 4.42. The van der Waals surface area contributed by atoms with Crippen molar-refractivity contribution in [2.24, 2.45) is 0 Å². The monoisotopic (exact) mass is 407 g/mol. The lowest BCUT2D eigenvalue weighted by molar-refractivity contribution is -0.107. The van der Waals surface area contributed by atoms with Gasteiger partial charge in [-0.25, -0.2) is 4.39 Å². The van der Waals surface area contributed by atoms with Crippen LogP contribution in [0.3, 0.4) is 0 Å². The number of nitrogens with zero attached hydrogens (tertiary/aromatic N) is 1. The van der Waals surface area contributed by atoms with Crippen LogP contribution in [0.15, 0.2) is 48.7 Å². The third-order valence-electron chi connectivity index (χ3n) is 6.18. The van der Waals surface area contributed by atoms with Crippen LogP contribution < -0.4 is 5.32 Å². The molecule has 3 aromatic rings. The van der Waals surface area contributed by atoms with Crippen molar-refractivity contribution in [2.75, 3.05) is 13.6 Å². The van der Waals surface area contributed by atoms with Crippen molar-refractivity contribution in [3.05, 3.63) is 60.0 Å². The summed E-state index contributed by atoms with van der Waals surface area (Å²) in [7, 11) is 1.72. The van der Waals surface area contributed by atoms with Crippen LogP contribution in [0.4, 0.5) is 4.39 Å². The molecule has 1 heterocycles. The topological polar surface area (TPSA) is 65.2 Å². The molecule has 0 unspecified atom stereocenters. The normalized spacial score (nSPS) is 15.4. The minimum atomic E-state index is -0.528. The Labute approximate surface area is 175 Å². The summed E-state index contributed by atoms with van der Waals surface area (Å²) in [5.41, 5.74) is 2.19. The molecule has 1 fully saturated rings. The van der Waals surface area contributed by atoms with Crippen molar-refractivity contribution in [3.8, 4) is 11.1 Å². The van der Waals surface area contributed by atoms with E-state index in [0.29, 0.717) is 13.0 Å². The average Bonchev–Trinajstić information content (AvgIpc) is 3.42. The molecule has 0 spiro atoms. The predicted molar refractivity (Wildman–Crippen MR) is 116 cm³/mol. The van der Waals surface area contributed by atoms with E-state index >= 15 is 0 Å². The van der Waals surface area contributed by atoms with Crippen molar-refractivity contribution < 1.29 is 14.0 Å². The Morgan fingerprint density at radius 2 is 1.90 bits per heavy atom. The van der Waals surface area contributed by atoms with E-state index in [2.05, 4.69) is 10.3 Å². The second-order valence-corrected chi connectivity index (χ2v) is 7.96. The minimum Gasteiger partial charge on any atom is -0.361 e. The number of aromatic nitrogens is 1. The Kier molecular flexibility index (Phi) is 5.68. The van der Waals surface area contributed by atoms with Crippen molar-refractivity contribution in [1.82, 2.24) is 15.2 Å². The standard InChI is InChI=1S/C24H26FN3O2/c1-28(24(10-2-3-11-24)27-12-4-14-29)23(30)20-7-5-18(16-21(20)25)17-6-8-22-19(15-17)9-13-26-22/h5-9,13-16,26-27H,2-4,10-12H2,1H3. The highest BCUT2D eigenvalue weighted by Gasteiger charge is 2.40. The number of benzene rings is 2. The fraction of sp³-hybridized carbons (Fsp3) is 0.333. The number of carbonyl (C=O) groups excluding carboxylic acids is 2. The Balaban J connectivity index is 1.58. The van der Waals surface area contributed by atoms with Gasteiger partial charge in [0.2, 0.25) is 0 Å². The smallest absolute Gasteiger partial charge is 0.258 e. The van der Waals surface area contributed by atoms with Crippen molar-refractivity contribution in [3.63, 3.8) is 0 Å². The zero-order chi connectivity index (χ0) is 21.1. The fourth-order valence-corrected chi connectivity index (χ4v) is 4.43. The number of fused-ring (bicyclic) bond motifs is 1. The molecule has 2 aromatic carbocycles. The third-order valence-corrected chi connectivity index (χ3v) is 6.18. The summed E-state index contributed by atoms with van der Waals surface area (Å²) >= 11 is 0. The summed E-state index contributed by atoms with van der Waals surface area (Å²) in [6, 6.07) is 12.7. The van der Waals surface area contributed by atoms with Gasteiger partial charge >= 0.3 is 0 Å². The lowest BCUT2D eigenvalue weighted by atomic mass is 10.0. The van der Waals surface area contributed by atoms with Gasteiger partial charge in [-0.1, -0.05) is 12.1 Å². The van der Waals surface area contributed by atoms with Gasteiger partial charge in [-0.15, -0.1) is 0 Å². The molecular weight excluding hydrogens is 381 g/mol. The second kappa shape index (κ2) is 8.40. The van der Waals surface area contributed by atoms with Crippen LogP contribution in [-0.2, 0) is 4.79 Å². The Morgan fingerprint density at radius 3 is 2.63 bits per heavy atom. The van der Waals surface area contributed by atoms with E-state index in [9.17, 15) is 14.0 Å². The van der Waals surface area contributed by atoms with E-state index in [-0.39, 0.29) is 11.5 Å². The summed E-state index contributed by atoms with van der Waals surface area (Å²) < 4.78 is 15.0. The first-order valence-corrected chi connectivity index (χ1v) is 10.4. The maximum Gasteiger partial charge on any atom is 0.258 e. The van der Waals surface area contributed by atoms with Gasteiger partial charge < -0.3 is 14.7 Å². The Bertz CT molecular complexity index is 1070.